The number of rotatable bonds is 1. The Bertz CT molecular complexity index is 927. The number of benzene rings is 2. The largest absolute Gasteiger partial charge is 0.356 e. The lowest BCUT2D eigenvalue weighted by Gasteiger charge is -2.35. The van der Waals surface area contributed by atoms with Gasteiger partial charge in [0.05, 0.1) is 6.04 Å². The summed E-state index contributed by atoms with van der Waals surface area (Å²) in [5, 5.41) is 1.91. The molecule has 1 amide bonds. The highest BCUT2D eigenvalue weighted by Gasteiger charge is 2.33. The van der Waals surface area contributed by atoms with Crippen molar-refractivity contribution in [1.82, 2.24) is 9.88 Å². The van der Waals surface area contributed by atoms with Gasteiger partial charge in [-0.1, -0.05) is 41.4 Å². The van der Waals surface area contributed by atoms with Crippen LogP contribution in [0.25, 0.3) is 10.9 Å². The highest BCUT2D eigenvalue weighted by atomic mass is 35.5. The van der Waals surface area contributed by atoms with Gasteiger partial charge in [-0.05, 0) is 42.7 Å². The number of amides is 1. The lowest BCUT2D eigenvalue weighted by Crippen LogP contribution is -2.39. The minimum Gasteiger partial charge on any atom is -0.356 e. The first-order valence-corrected chi connectivity index (χ1v) is 8.56. The molecule has 4 heteroatoms. The Morgan fingerprint density at radius 3 is 2.67 bits per heavy atom. The molecular weight excluding hydrogens is 320 g/mol. The van der Waals surface area contributed by atoms with Crippen molar-refractivity contribution in [3.05, 3.63) is 69.9 Å². The summed E-state index contributed by atoms with van der Waals surface area (Å²) in [7, 11) is 0. The molecule has 2 heterocycles. The van der Waals surface area contributed by atoms with Crippen LogP contribution in [0.5, 0.6) is 0 Å². The summed E-state index contributed by atoms with van der Waals surface area (Å²) >= 11 is 6.19. The molecule has 0 radical (unpaired) electrons. The number of hydrogen-bond donors (Lipinski definition) is 1. The Morgan fingerprint density at radius 1 is 1.21 bits per heavy atom. The number of fused-ring (bicyclic) bond motifs is 3. The lowest BCUT2D eigenvalue weighted by atomic mass is 9.92. The van der Waals surface area contributed by atoms with E-state index in [4.69, 9.17) is 11.6 Å². The zero-order chi connectivity index (χ0) is 16.8. The first kappa shape index (κ1) is 15.3. The molecule has 1 aliphatic rings. The quantitative estimate of drug-likeness (QED) is 0.690. The Labute approximate surface area is 146 Å². The Kier molecular flexibility index (Phi) is 3.61. The molecule has 0 bridgehead atoms. The fraction of sp³-hybridized carbons (Fsp3) is 0.250. The first-order chi connectivity index (χ1) is 11.5. The van der Waals surface area contributed by atoms with Gasteiger partial charge in [-0.25, -0.2) is 0 Å². The average Bonchev–Trinajstić information content (AvgIpc) is 2.92. The van der Waals surface area contributed by atoms with E-state index >= 15 is 0 Å². The number of hydrogen-bond acceptors (Lipinski definition) is 1. The van der Waals surface area contributed by atoms with Crippen LogP contribution in [0.2, 0.25) is 5.02 Å². The molecular formula is C20H19ClN2O. The molecule has 0 aliphatic carbocycles. The van der Waals surface area contributed by atoms with E-state index in [1.54, 1.807) is 6.92 Å². The monoisotopic (exact) mass is 338 g/mol. The molecule has 1 unspecified atom stereocenters. The molecule has 3 aromatic rings. The molecule has 1 aliphatic heterocycles. The van der Waals surface area contributed by atoms with Gasteiger partial charge in [0.1, 0.15) is 0 Å². The van der Waals surface area contributed by atoms with Crippen molar-refractivity contribution in [1.29, 1.82) is 0 Å². The minimum absolute atomic E-state index is 0.0713. The molecule has 0 spiro atoms. The molecule has 0 saturated carbocycles. The first-order valence-electron chi connectivity index (χ1n) is 8.18. The van der Waals surface area contributed by atoms with Crippen LogP contribution in [-0.2, 0) is 11.2 Å². The van der Waals surface area contributed by atoms with Crippen LogP contribution in [0.3, 0.4) is 0 Å². The van der Waals surface area contributed by atoms with Crippen LogP contribution in [-0.4, -0.2) is 22.3 Å². The number of carbonyl (C=O) groups excluding carboxylic acids is 1. The van der Waals surface area contributed by atoms with Crippen molar-refractivity contribution in [2.45, 2.75) is 26.3 Å². The number of nitrogens with zero attached hydrogens (tertiary/aromatic N) is 1. The molecule has 2 aromatic carbocycles. The molecule has 4 rings (SSSR count). The SMILES string of the molecule is CC(=O)N1CCc2c([nH]c3ccc(Cl)cc23)C1c1ccc(C)cc1. The summed E-state index contributed by atoms with van der Waals surface area (Å²) in [6.45, 7) is 4.44. The number of aromatic amines is 1. The molecule has 0 fully saturated rings. The van der Waals surface area contributed by atoms with Gasteiger partial charge in [0.25, 0.3) is 0 Å². The third kappa shape index (κ3) is 2.40. The van der Waals surface area contributed by atoms with Crippen LogP contribution in [0.1, 0.15) is 35.3 Å². The lowest BCUT2D eigenvalue weighted by molar-refractivity contribution is -0.130. The molecule has 1 atom stereocenters. The van der Waals surface area contributed by atoms with Crippen LogP contribution in [0, 0.1) is 6.92 Å². The molecule has 1 aromatic heterocycles. The van der Waals surface area contributed by atoms with Gasteiger partial charge in [0.15, 0.2) is 0 Å². The summed E-state index contributed by atoms with van der Waals surface area (Å²) < 4.78 is 0. The summed E-state index contributed by atoms with van der Waals surface area (Å²) in [5.41, 5.74) is 5.81. The van der Waals surface area contributed by atoms with Crippen molar-refractivity contribution in [3.63, 3.8) is 0 Å². The maximum absolute atomic E-state index is 12.2. The summed E-state index contributed by atoms with van der Waals surface area (Å²) in [6, 6.07) is 14.3. The van der Waals surface area contributed by atoms with Gasteiger partial charge in [0.2, 0.25) is 5.91 Å². The second kappa shape index (κ2) is 5.67. The number of H-pyrrole nitrogens is 1. The second-order valence-corrected chi connectivity index (χ2v) is 6.92. The highest BCUT2D eigenvalue weighted by molar-refractivity contribution is 6.31. The van der Waals surface area contributed by atoms with E-state index in [1.165, 1.54) is 11.1 Å². The Hall–Kier alpha value is -2.26. The van der Waals surface area contributed by atoms with Gasteiger partial charge in [0, 0.05) is 35.1 Å². The highest BCUT2D eigenvalue weighted by Crippen LogP contribution is 2.39. The van der Waals surface area contributed by atoms with E-state index in [1.807, 2.05) is 23.1 Å². The minimum atomic E-state index is -0.0713. The predicted molar refractivity (Wildman–Crippen MR) is 97.4 cm³/mol. The van der Waals surface area contributed by atoms with Crippen LogP contribution in [0.4, 0.5) is 0 Å². The van der Waals surface area contributed by atoms with Crippen molar-refractivity contribution in [2.24, 2.45) is 0 Å². The van der Waals surface area contributed by atoms with Gasteiger partial charge in [-0.3, -0.25) is 4.79 Å². The number of carbonyl (C=O) groups is 1. The molecule has 0 saturated heterocycles. The average molecular weight is 339 g/mol. The number of halogens is 1. The fourth-order valence-corrected chi connectivity index (χ4v) is 3.87. The van der Waals surface area contributed by atoms with Crippen molar-refractivity contribution < 1.29 is 4.79 Å². The van der Waals surface area contributed by atoms with Crippen LogP contribution >= 0.6 is 11.6 Å². The topological polar surface area (TPSA) is 36.1 Å². The van der Waals surface area contributed by atoms with E-state index < -0.39 is 0 Å². The van der Waals surface area contributed by atoms with Crippen molar-refractivity contribution >= 4 is 28.4 Å². The fourth-order valence-electron chi connectivity index (χ4n) is 3.70. The van der Waals surface area contributed by atoms with Gasteiger partial charge >= 0.3 is 0 Å². The summed E-state index contributed by atoms with van der Waals surface area (Å²) in [6.07, 6.45) is 0.845. The van der Waals surface area contributed by atoms with E-state index in [2.05, 4.69) is 36.2 Å². The second-order valence-electron chi connectivity index (χ2n) is 6.48. The smallest absolute Gasteiger partial charge is 0.220 e. The zero-order valence-electron chi connectivity index (χ0n) is 13.8. The molecule has 1 N–H and O–H groups in total. The van der Waals surface area contributed by atoms with E-state index in [9.17, 15) is 4.79 Å². The Balaban J connectivity index is 1.93. The van der Waals surface area contributed by atoms with Crippen LogP contribution < -0.4 is 0 Å². The van der Waals surface area contributed by atoms with Gasteiger partial charge in [-0.15, -0.1) is 0 Å². The molecule has 3 nitrogen and oxygen atoms in total. The summed E-state index contributed by atoms with van der Waals surface area (Å²) in [5.74, 6) is 0.0999. The third-order valence-corrected chi connectivity index (χ3v) is 5.12. The zero-order valence-corrected chi connectivity index (χ0v) is 14.5. The standard InChI is InChI=1S/C20H19ClN2O/c1-12-3-5-14(6-4-12)20-19-16(9-10-23(20)13(2)24)17-11-15(21)7-8-18(17)22-19/h3-8,11,20,22H,9-10H2,1-2H3. The normalized spacial score (nSPS) is 17.1. The van der Waals surface area contributed by atoms with Crippen molar-refractivity contribution in [3.8, 4) is 0 Å². The van der Waals surface area contributed by atoms with Crippen molar-refractivity contribution in [2.75, 3.05) is 6.54 Å². The molecule has 24 heavy (non-hydrogen) atoms. The van der Waals surface area contributed by atoms with Gasteiger partial charge < -0.3 is 9.88 Å². The van der Waals surface area contributed by atoms with E-state index in [-0.39, 0.29) is 11.9 Å². The maximum Gasteiger partial charge on any atom is 0.220 e. The predicted octanol–water partition coefficient (Wildman–Crippen LogP) is 4.62. The van der Waals surface area contributed by atoms with E-state index in [0.717, 1.165) is 40.1 Å². The summed E-state index contributed by atoms with van der Waals surface area (Å²) in [4.78, 5) is 17.7. The van der Waals surface area contributed by atoms with Crippen LogP contribution in [0.15, 0.2) is 42.5 Å². The maximum atomic E-state index is 12.2. The molecule has 122 valence electrons. The Morgan fingerprint density at radius 2 is 1.96 bits per heavy atom. The van der Waals surface area contributed by atoms with Gasteiger partial charge in [-0.2, -0.15) is 0 Å². The third-order valence-electron chi connectivity index (χ3n) is 4.89. The number of aryl methyl sites for hydroxylation is 1. The number of aromatic nitrogens is 1. The number of nitrogens with one attached hydrogen (secondary N) is 1. The van der Waals surface area contributed by atoms with E-state index in [0.29, 0.717) is 0 Å².